The summed E-state index contributed by atoms with van der Waals surface area (Å²) in [4.78, 5) is 20.1. The quantitative estimate of drug-likeness (QED) is 0.819. The number of rotatable bonds is 3. The molecule has 17 heavy (non-hydrogen) atoms. The molecule has 0 aliphatic carbocycles. The Morgan fingerprint density at radius 3 is 2.88 bits per heavy atom. The molecule has 0 bridgehead atoms. The lowest BCUT2D eigenvalue weighted by atomic mass is 9.80. The van der Waals surface area contributed by atoms with E-state index < -0.39 is 0 Å². The van der Waals surface area contributed by atoms with Gasteiger partial charge in [0, 0.05) is 12.6 Å². The van der Waals surface area contributed by atoms with Crippen LogP contribution in [0.5, 0.6) is 0 Å². The molecule has 94 valence electrons. The Morgan fingerprint density at radius 2 is 2.24 bits per heavy atom. The second kappa shape index (κ2) is 4.87. The fraction of sp³-hybridized carbons (Fsp3) is 0.667. The summed E-state index contributed by atoms with van der Waals surface area (Å²) in [6, 6.07) is 1.50. The molecular weight excluding hydrogens is 216 g/mol. The summed E-state index contributed by atoms with van der Waals surface area (Å²) < 4.78 is 0. The van der Waals surface area contributed by atoms with Crippen molar-refractivity contribution in [1.29, 1.82) is 0 Å². The molecule has 2 N–H and O–H groups in total. The molecule has 1 aromatic rings. The largest absolute Gasteiger partial charge is 0.369 e. The van der Waals surface area contributed by atoms with Crippen LogP contribution in [0.25, 0.3) is 0 Å². The van der Waals surface area contributed by atoms with E-state index in [1.165, 1.54) is 25.2 Å². The van der Waals surface area contributed by atoms with Gasteiger partial charge in [-0.1, -0.05) is 6.92 Å². The Morgan fingerprint density at radius 1 is 1.53 bits per heavy atom. The Labute approximate surface area is 101 Å². The number of H-pyrrole nitrogens is 1. The maximum absolute atomic E-state index is 11.1. The highest BCUT2D eigenvalue weighted by molar-refractivity contribution is 5.31. The lowest BCUT2D eigenvalue weighted by Gasteiger charge is -2.38. The fourth-order valence-corrected chi connectivity index (χ4v) is 2.10. The molecule has 1 saturated heterocycles. The monoisotopic (exact) mass is 236 g/mol. The average molecular weight is 236 g/mol. The summed E-state index contributed by atoms with van der Waals surface area (Å²) in [5, 5.41) is 3.26. The molecule has 0 spiro atoms. The zero-order valence-corrected chi connectivity index (χ0v) is 10.5. The molecule has 0 amide bonds. The molecule has 1 aliphatic heterocycles. The number of nitrogens with zero attached hydrogens (tertiary/aromatic N) is 2. The number of aromatic amines is 1. The average Bonchev–Trinajstić information content (AvgIpc) is 2.31. The van der Waals surface area contributed by atoms with E-state index in [4.69, 9.17) is 0 Å². The van der Waals surface area contributed by atoms with Crippen molar-refractivity contribution in [2.24, 2.45) is 5.41 Å². The number of anilines is 1. The van der Waals surface area contributed by atoms with Crippen LogP contribution in [0.15, 0.2) is 17.2 Å². The summed E-state index contributed by atoms with van der Waals surface area (Å²) in [6.45, 7) is 5.44. The lowest BCUT2D eigenvalue weighted by Crippen LogP contribution is -2.40. The van der Waals surface area contributed by atoms with E-state index in [1.54, 1.807) is 0 Å². The Balaban J connectivity index is 1.91. The Bertz CT molecular complexity index is 421. The van der Waals surface area contributed by atoms with Gasteiger partial charge in [-0.25, -0.2) is 4.98 Å². The molecule has 5 nitrogen and oxygen atoms in total. The van der Waals surface area contributed by atoms with Crippen LogP contribution in [0.2, 0.25) is 0 Å². The second-order valence-electron chi connectivity index (χ2n) is 5.26. The normalized spacial score (nSPS) is 20.1. The van der Waals surface area contributed by atoms with Gasteiger partial charge in [-0.3, -0.25) is 4.79 Å². The van der Waals surface area contributed by atoms with Gasteiger partial charge in [0.25, 0.3) is 5.56 Å². The van der Waals surface area contributed by atoms with Crippen molar-refractivity contribution in [2.45, 2.75) is 19.8 Å². The highest BCUT2D eigenvalue weighted by Gasteiger charge is 2.28. The first-order chi connectivity index (χ1) is 8.07. The molecule has 2 rings (SSSR count). The summed E-state index contributed by atoms with van der Waals surface area (Å²) in [5.41, 5.74) is 0.188. The van der Waals surface area contributed by atoms with Gasteiger partial charge < -0.3 is 15.2 Å². The highest BCUT2D eigenvalue weighted by atomic mass is 16.1. The zero-order chi connectivity index (χ0) is 12.3. The topological polar surface area (TPSA) is 61.0 Å². The van der Waals surface area contributed by atoms with Gasteiger partial charge in [-0.15, -0.1) is 0 Å². The molecule has 0 unspecified atom stereocenters. The third kappa shape index (κ3) is 3.30. The van der Waals surface area contributed by atoms with Crippen LogP contribution in [-0.2, 0) is 0 Å². The van der Waals surface area contributed by atoms with Crippen molar-refractivity contribution < 1.29 is 0 Å². The summed E-state index contributed by atoms with van der Waals surface area (Å²) in [7, 11) is 2.16. The molecular formula is C12H20N4O. The first-order valence-electron chi connectivity index (χ1n) is 6.05. The predicted molar refractivity (Wildman–Crippen MR) is 68.2 cm³/mol. The van der Waals surface area contributed by atoms with Crippen molar-refractivity contribution >= 4 is 5.82 Å². The first kappa shape index (κ1) is 12.1. The van der Waals surface area contributed by atoms with E-state index in [0.717, 1.165) is 19.6 Å². The van der Waals surface area contributed by atoms with E-state index in [1.807, 2.05) is 0 Å². The fourth-order valence-electron chi connectivity index (χ4n) is 2.10. The third-order valence-corrected chi connectivity index (χ3v) is 3.57. The van der Waals surface area contributed by atoms with Crippen LogP contribution in [0.1, 0.15) is 19.8 Å². The van der Waals surface area contributed by atoms with Crippen LogP contribution in [-0.4, -0.2) is 41.5 Å². The van der Waals surface area contributed by atoms with E-state index in [0.29, 0.717) is 11.2 Å². The van der Waals surface area contributed by atoms with Crippen LogP contribution >= 0.6 is 0 Å². The molecule has 0 atom stereocenters. The van der Waals surface area contributed by atoms with Gasteiger partial charge in [-0.05, 0) is 38.4 Å². The van der Waals surface area contributed by atoms with Gasteiger partial charge in [0.1, 0.15) is 5.82 Å². The van der Waals surface area contributed by atoms with Gasteiger partial charge >= 0.3 is 0 Å². The molecule has 0 saturated carbocycles. The maximum atomic E-state index is 11.1. The molecule has 0 radical (unpaired) electrons. The number of nitrogens with one attached hydrogen (secondary N) is 2. The smallest absolute Gasteiger partial charge is 0.252 e. The van der Waals surface area contributed by atoms with Crippen molar-refractivity contribution in [1.82, 2.24) is 14.9 Å². The van der Waals surface area contributed by atoms with Gasteiger partial charge in [-0.2, -0.15) is 0 Å². The van der Waals surface area contributed by atoms with Crippen LogP contribution in [0.3, 0.4) is 0 Å². The standard InChI is InChI=1S/C12H20N4O/c1-12(3-5-16(2)6-4-12)8-13-10-7-11(17)15-9-14-10/h7,9H,3-6,8H2,1-2H3,(H2,13,14,15,17). The van der Waals surface area contributed by atoms with Crippen LogP contribution in [0.4, 0.5) is 5.82 Å². The molecule has 2 heterocycles. The van der Waals surface area contributed by atoms with Crippen molar-refractivity contribution in [3.05, 3.63) is 22.7 Å². The minimum absolute atomic E-state index is 0.115. The number of aromatic nitrogens is 2. The van der Waals surface area contributed by atoms with Crippen molar-refractivity contribution in [3.63, 3.8) is 0 Å². The lowest BCUT2D eigenvalue weighted by molar-refractivity contribution is 0.150. The van der Waals surface area contributed by atoms with E-state index >= 15 is 0 Å². The molecule has 1 aromatic heterocycles. The van der Waals surface area contributed by atoms with E-state index in [9.17, 15) is 4.79 Å². The maximum Gasteiger partial charge on any atom is 0.252 e. The molecule has 1 aliphatic rings. The van der Waals surface area contributed by atoms with Gasteiger partial charge in [0.2, 0.25) is 0 Å². The molecule has 5 heteroatoms. The van der Waals surface area contributed by atoms with Crippen molar-refractivity contribution in [3.8, 4) is 0 Å². The predicted octanol–water partition coefficient (Wildman–Crippen LogP) is 0.914. The van der Waals surface area contributed by atoms with E-state index in [2.05, 4.69) is 34.2 Å². The highest BCUT2D eigenvalue weighted by Crippen LogP contribution is 2.30. The zero-order valence-electron chi connectivity index (χ0n) is 10.5. The molecule has 0 aromatic carbocycles. The number of piperidine rings is 1. The van der Waals surface area contributed by atoms with Gasteiger partial charge in [0.15, 0.2) is 0 Å². The minimum atomic E-state index is -0.115. The number of hydrogen-bond donors (Lipinski definition) is 2. The summed E-state index contributed by atoms with van der Waals surface area (Å²) >= 11 is 0. The Hall–Kier alpha value is -1.36. The summed E-state index contributed by atoms with van der Waals surface area (Å²) in [5.74, 6) is 0.661. The SMILES string of the molecule is CN1CCC(C)(CNc2cc(=O)[nH]cn2)CC1. The second-order valence-corrected chi connectivity index (χ2v) is 5.26. The van der Waals surface area contributed by atoms with E-state index in [-0.39, 0.29) is 5.56 Å². The third-order valence-electron chi connectivity index (χ3n) is 3.57. The first-order valence-corrected chi connectivity index (χ1v) is 6.05. The minimum Gasteiger partial charge on any atom is -0.369 e. The number of hydrogen-bond acceptors (Lipinski definition) is 4. The summed E-state index contributed by atoms with van der Waals surface area (Å²) in [6.07, 6.45) is 3.79. The number of likely N-dealkylation sites (tertiary alicyclic amines) is 1. The Kier molecular flexibility index (Phi) is 3.47. The van der Waals surface area contributed by atoms with Crippen molar-refractivity contribution in [2.75, 3.05) is 32.0 Å². The molecule has 1 fully saturated rings. The van der Waals surface area contributed by atoms with Crippen LogP contribution in [0, 0.1) is 5.41 Å². The van der Waals surface area contributed by atoms with Crippen LogP contribution < -0.4 is 10.9 Å². The van der Waals surface area contributed by atoms with Gasteiger partial charge in [0.05, 0.1) is 6.33 Å².